The number of Topliss-reactive ketones (excluding diaryl/α,β-unsaturated/α-hetero) is 1. The van der Waals surface area contributed by atoms with Gasteiger partial charge < -0.3 is 0 Å². The van der Waals surface area contributed by atoms with E-state index >= 15 is 0 Å². The van der Waals surface area contributed by atoms with Crippen molar-refractivity contribution >= 4 is 11.5 Å². The van der Waals surface area contributed by atoms with E-state index in [1.165, 1.54) is 18.6 Å². The SMILES string of the molecule is CCC1=NC2(CCCC2)C(=O)C(C)C1. The lowest BCUT2D eigenvalue weighted by Gasteiger charge is -2.32. The van der Waals surface area contributed by atoms with Crippen LogP contribution in [0.15, 0.2) is 4.99 Å². The Morgan fingerprint density at radius 3 is 2.64 bits per heavy atom. The van der Waals surface area contributed by atoms with Gasteiger partial charge in [0.1, 0.15) is 5.54 Å². The summed E-state index contributed by atoms with van der Waals surface area (Å²) in [6, 6.07) is 0. The molecular weight excluding hydrogens is 174 g/mol. The minimum absolute atomic E-state index is 0.209. The molecule has 0 N–H and O–H groups in total. The number of ketones is 1. The Morgan fingerprint density at radius 1 is 1.43 bits per heavy atom. The summed E-state index contributed by atoms with van der Waals surface area (Å²) in [5.41, 5.74) is 0.988. The highest BCUT2D eigenvalue weighted by atomic mass is 16.1. The van der Waals surface area contributed by atoms with Gasteiger partial charge in [-0.25, -0.2) is 0 Å². The summed E-state index contributed by atoms with van der Waals surface area (Å²) in [5, 5.41) is 0. The third-order valence-corrected chi connectivity index (χ3v) is 3.66. The summed E-state index contributed by atoms with van der Waals surface area (Å²) >= 11 is 0. The van der Waals surface area contributed by atoms with Crippen LogP contribution >= 0.6 is 0 Å². The molecule has 0 saturated heterocycles. The normalized spacial score (nSPS) is 30.9. The molecule has 1 aliphatic carbocycles. The van der Waals surface area contributed by atoms with Crippen LogP contribution in [-0.4, -0.2) is 17.0 Å². The number of aliphatic imine (C=N–C) groups is 1. The minimum atomic E-state index is -0.275. The number of hydrogen-bond donors (Lipinski definition) is 0. The van der Waals surface area contributed by atoms with Gasteiger partial charge in [-0.15, -0.1) is 0 Å². The number of carbonyl (C=O) groups is 1. The highest BCUT2D eigenvalue weighted by Crippen LogP contribution is 2.39. The third-order valence-electron chi connectivity index (χ3n) is 3.66. The third kappa shape index (κ3) is 1.41. The molecule has 1 fully saturated rings. The van der Waals surface area contributed by atoms with Crippen molar-refractivity contribution in [1.29, 1.82) is 0 Å². The Bertz CT molecular complexity index is 274. The van der Waals surface area contributed by atoms with Gasteiger partial charge in [0.25, 0.3) is 0 Å². The number of nitrogens with zero attached hydrogens (tertiary/aromatic N) is 1. The van der Waals surface area contributed by atoms with Gasteiger partial charge in [-0.05, 0) is 25.7 Å². The van der Waals surface area contributed by atoms with Crippen LogP contribution in [0.25, 0.3) is 0 Å². The summed E-state index contributed by atoms with van der Waals surface area (Å²) in [6.07, 6.45) is 6.27. The van der Waals surface area contributed by atoms with Gasteiger partial charge in [0, 0.05) is 11.6 Å². The first-order valence-corrected chi connectivity index (χ1v) is 5.80. The van der Waals surface area contributed by atoms with Crippen LogP contribution in [0.5, 0.6) is 0 Å². The van der Waals surface area contributed by atoms with Crippen molar-refractivity contribution in [2.75, 3.05) is 0 Å². The zero-order chi connectivity index (χ0) is 10.2. The molecule has 2 aliphatic rings. The highest BCUT2D eigenvalue weighted by Gasteiger charge is 2.45. The van der Waals surface area contributed by atoms with Crippen molar-refractivity contribution in [2.45, 2.75) is 57.9 Å². The predicted molar refractivity (Wildman–Crippen MR) is 57.7 cm³/mol. The molecule has 1 spiro atoms. The standard InChI is InChI=1S/C12H19NO/c1-3-10-8-9(2)11(14)12(13-10)6-4-5-7-12/h9H,3-8H2,1-2H3. The maximum Gasteiger partial charge on any atom is 0.163 e. The molecule has 1 saturated carbocycles. The molecule has 0 radical (unpaired) electrons. The fourth-order valence-corrected chi connectivity index (χ4v) is 2.85. The first-order chi connectivity index (χ1) is 6.68. The molecule has 1 atom stereocenters. The molecule has 0 aromatic carbocycles. The summed E-state index contributed by atoms with van der Waals surface area (Å²) < 4.78 is 0. The van der Waals surface area contributed by atoms with Crippen molar-refractivity contribution in [2.24, 2.45) is 10.9 Å². The van der Waals surface area contributed by atoms with Gasteiger partial charge in [-0.2, -0.15) is 0 Å². The summed E-state index contributed by atoms with van der Waals surface area (Å²) in [4.78, 5) is 16.8. The van der Waals surface area contributed by atoms with E-state index in [1.54, 1.807) is 0 Å². The molecule has 0 bridgehead atoms. The van der Waals surface area contributed by atoms with Crippen LogP contribution in [0.1, 0.15) is 52.4 Å². The van der Waals surface area contributed by atoms with E-state index in [-0.39, 0.29) is 11.5 Å². The molecule has 0 aromatic rings. The van der Waals surface area contributed by atoms with Gasteiger partial charge in [0.2, 0.25) is 0 Å². The van der Waals surface area contributed by atoms with Gasteiger partial charge >= 0.3 is 0 Å². The Balaban J connectivity index is 2.32. The largest absolute Gasteiger partial charge is 0.297 e. The fourth-order valence-electron chi connectivity index (χ4n) is 2.85. The smallest absolute Gasteiger partial charge is 0.163 e. The first kappa shape index (κ1) is 9.88. The average molecular weight is 193 g/mol. The zero-order valence-corrected chi connectivity index (χ0v) is 9.18. The summed E-state index contributed by atoms with van der Waals surface area (Å²) in [6.45, 7) is 4.21. The minimum Gasteiger partial charge on any atom is -0.297 e. The van der Waals surface area contributed by atoms with Gasteiger partial charge in [0.05, 0.1) is 0 Å². The molecule has 14 heavy (non-hydrogen) atoms. The maximum atomic E-state index is 12.1. The van der Waals surface area contributed by atoms with Crippen molar-refractivity contribution in [3.8, 4) is 0 Å². The Morgan fingerprint density at radius 2 is 2.07 bits per heavy atom. The topological polar surface area (TPSA) is 29.4 Å². The second kappa shape index (κ2) is 3.48. The van der Waals surface area contributed by atoms with Crippen LogP contribution in [-0.2, 0) is 4.79 Å². The quantitative estimate of drug-likeness (QED) is 0.629. The molecule has 2 heteroatoms. The van der Waals surface area contributed by atoms with Crippen LogP contribution in [0, 0.1) is 5.92 Å². The van der Waals surface area contributed by atoms with Crippen molar-refractivity contribution in [3.05, 3.63) is 0 Å². The Hall–Kier alpha value is -0.660. The van der Waals surface area contributed by atoms with E-state index in [9.17, 15) is 4.79 Å². The van der Waals surface area contributed by atoms with Crippen LogP contribution in [0.4, 0.5) is 0 Å². The van der Waals surface area contributed by atoms with Gasteiger partial charge in [-0.3, -0.25) is 9.79 Å². The van der Waals surface area contributed by atoms with Crippen molar-refractivity contribution in [1.82, 2.24) is 0 Å². The van der Waals surface area contributed by atoms with E-state index < -0.39 is 0 Å². The number of carbonyl (C=O) groups excluding carboxylic acids is 1. The second-order valence-corrected chi connectivity index (χ2v) is 4.74. The molecular formula is C12H19NO. The number of rotatable bonds is 1. The number of hydrogen-bond acceptors (Lipinski definition) is 2. The van der Waals surface area contributed by atoms with Crippen molar-refractivity contribution in [3.63, 3.8) is 0 Å². The highest BCUT2D eigenvalue weighted by molar-refractivity contribution is 6.01. The summed E-state index contributed by atoms with van der Waals surface area (Å²) in [7, 11) is 0. The zero-order valence-electron chi connectivity index (χ0n) is 9.18. The average Bonchev–Trinajstić information content (AvgIpc) is 2.63. The van der Waals surface area contributed by atoms with Crippen LogP contribution in [0.2, 0.25) is 0 Å². The molecule has 1 heterocycles. The van der Waals surface area contributed by atoms with Crippen molar-refractivity contribution < 1.29 is 4.79 Å². The van der Waals surface area contributed by atoms with E-state index in [1.807, 2.05) is 0 Å². The Kier molecular flexibility index (Phi) is 2.46. The Labute approximate surface area is 85.8 Å². The predicted octanol–water partition coefficient (Wildman–Crippen LogP) is 2.76. The lowest BCUT2D eigenvalue weighted by atomic mass is 9.79. The van der Waals surface area contributed by atoms with Crippen LogP contribution < -0.4 is 0 Å². The molecule has 0 aromatic heterocycles. The molecule has 1 aliphatic heterocycles. The molecule has 1 unspecified atom stereocenters. The molecule has 0 amide bonds. The molecule has 2 rings (SSSR count). The van der Waals surface area contributed by atoms with Crippen LogP contribution in [0.3, 0.4) is 0 Å². The lowest BCUT2D eigenvalue weighted by molar-refractivity contribution is -0.127. The molecule has 78 valence electrons. The van der Waals surface area contributed by atoms with E-state index in [0.717, 1.165) is 25.7 Å². The van der Waals surface area contributed by atoms with E-state index in [4.69, 9.17) is 4.99 Å². The molecule has 2 nitrogen and oxygen atoms in total. The first-order valence-electron chi connectivity index (χ1n) is 5.80. The monoisotopic (exact) mass is 193 g/mol. The second-order valence-electron chi connectivity index (χ2n) is 4.74. The van der Waals surface area contributed by atoms with Gasteiger partial charge in [0.15, 0.2) is 5.78 Å². The van der Waals surface area contributed by atoms with E-state index in [0.29, 0.717) is 5.78 Å². The van der Waals surface area contributed by atoms with E-state index in [2.05, 4.69) is 13.8 Å². The fraction of sp³-hybridized carbons (Fsp3) is 0.833. The lowest BCUT2D eigenvalue weighted by Crippen LogP contribution is -2.42. The van der Waals surface area contributed by atoms with Gasteiger partial charge in [-0.1, -0.05) is 26.7 Å². The summed E-state index contributed by atoms with van der Waals surface area (Å²) in [5.74, 6) is 0.618. The maximum absolute atomic E-state index is 12.1.